The van der Waals surface area contributed by atoms with E-state index in [0.717, 1.165) is 55.5 Å². The smallest absolute Gasteiger partial charge is 0.335 e. The number of benzene rings is 2. The molecule has 0 aliphatic carbocycles. The van der Waals surface area contributed by atoms with Crippen LogP contribution in [0.2, 0.25) is 0 Å². The van der Waals surface area contributed by atoms with E-state index in [1.54, 1.807) is 23.5 Å². The number of carboxylic acid groups (broad SMARTS) is 1. The Morgan fingerprint density at radius 2 is 1.57 bits per heavy atom. The number of rotatable bonds is 6. The van der Waals surface area contributed by atoms with Crippen LogP contribution in [-0.4, -0.2) is 52.0 Å². The molecule has 1 saturated heterocycles. The number of aromatic nitrogens is 1. The molecule has 0 atom stereocenters. The molecule has 2 heterocycles. The number of carbonyl (C=O) groups is 1. The first-order valence-electron chi connectivity index (χ1n) is 9.44. The van der Waals surface area contributed by atoms with E-state index in [-0.39, 0.29) is 0 Å². The molecule has 1 N–H and O–H groups in total. The molecule has 1 fully saturated rings. The molecule has 0 saturated carbocycles. The lowest BCUT2D eigenvalue weighted by atomic mass is 10.1. The summed E-state index contributed by atoms with van der Waals surface area (Å²) in [4.78, 5) is 20.6. The predicted molar refractivity (Wildman–Crippen MR) is 112 cm³/mol. The van der Waals surface area contributed by atoms with E-state index in [9.17, 15) is 4.79 Å². The summed E-state index contributed by atoms with van der Waals surface area (Å²) in [6.07, 6.45) is 0. The van der Waals surface area contributed by atoms with E-state index in [1.165, 1.54) is 5.56 Å². The first-order chi connectivity index (χ1) is 13.7. The Morgan fingerprint density at radius 1 is 0.929 bits per heavy atom. The third kappa shape index (κ3) is 4.65. The van der Waals surface area contributed by atoms with Gasteiger partial charge in [0.05, 0.1) is 11.3 Å². The highest BCUT2D eigenvalue weighted by Gasteiger charge is 2.18. The summed E-state index contributed by atoms with van der Waals surface area (Å²) in [6.45, 7) is 5.82. The number of aromatic carboxylic acids is 1. The molecule has 2 aromatic carbocycles. The molecule has 0 unspecified atom stereocenters. The quantitative estimate of drug-likeness (QED) is 0.690. The molecule has 1 aromatic heterocycles. The predicted octanol–water partition coefficient (Wildman–Crippen LogP) is 3.83. The van der Waals surface area contributed by atoms with Gasteiger partial charge < -0.3 is 5.11 Å². The lowest BCUT2D eigenvalue weighted by Crippen LogP contribution is -2.45. The van der Waals surface area contributed by atoms with Crippen LogP contribution < -0.4 is 0 Å². The summed E-state index contributed by atoms with van der Waals surface area (Å²) in [5.74, 6) is -0.877. The Labute approximate surface area is 168 Å². The summed E-state index contributed by atoms with van der Waals surface area (Å²) in [6, 6.07) is 17.5. The van der Waals surface area contributed by atoms with Crippen molar-refractivity contribution in [3.63, 3.8) is 0 Å². The van der Waals surface area contributed by atoms with Gasteiger partial charge in [-0.25, -0.2) is 9.78 Å². The molecular weight excluding hydrogens is 370 g/mol. The number of carboxylic acids is 1. The second kappa shape index (κ2) is 8.65. The molecule has 144 valence electrons. The van der Waals surface area contributed by atoms with E-state index < -0.39 is 5.97 Å². The summed E-state index contributed by atoms with van der Waals surface area (Å²) in [5.41, 5.74) is 3.82. The van der Waals surface area contributed by atoms with E-state index in [1.807, 2.05) is 30.3 Å². The lowest BCUT2D eigenvalue weighted by molar-refractivity contribution is 0.0697. The molecule has 3 aromatic rings. The van der Waals surface area contributed by atoms with Crippen LogP contribution in [0.5, 0.6) is 0 Å². The zero-order chi connectivity index (χ0) is 19.3. The highest BCUT2D eigenvalue weighted by atomic mass is 32.1. The van der Waals surface area contributed by atoms with Crippen molar-refractivity contribution in [1.29, 1.82) is 0 Å². The van der Waals surface area contributed by atoms with Crippen LogP contribution in [0.3, 0.4) is 0 Å². The van der Waals surface area contributed by atoms with Crippen molar-refractivity contribution < 1.29 is 9.90 Å². The molecule has 1 aliphatic rings. The standard InChI is InChI=1S/C22H23N3O2S/c26-22(27)19-8-6-17(7-9-19)14-24-10-12-25(13-11-24)15-20-16-28-21(23-20)18-4-2-1-3-5-18/h1-9,16H,10-15H2,(H,26,27). The van der Waals surface area contributed by atoms with Gasteiger partial charge in [0.1, 0.15) is 5.01 Å². The number of hydrogen-bond donors (Lipinski definition) is 1. The third-order valence-electron chi connectivity index (χ3n) is 5.03. The summed E-state index contributed by atoms with van der Waals surface area (Å²) >= 11 is 1.71. The molecular formula is C22H23N3O2S. The van der Waals surface area contributed by atoms with Crippen LogP contribution in [-0.2, 0) is 13.1 Å². The fourth-order valence-electron chi connectivity index (χ4n) is 3.44. The fraction of sp³-hybridized carbons (Fsp3) is 0.273. The summed E-state index contributed by atoms with van der Waals surface area (Å²) < 4.78 is 0. The van der Waals surface area contributed by atoms with Crippen LogP contribution in [0.4, 0.5) is 0 Å². The van der Waals surface area contributed by atoms with Gasteiger partial charge in [0, 0.05) is 50.2 Å². The van der Waals surface area contributed by atoms with Crippen LogP contribution >= 0.6 is 11.3 Å². The molecule has 0 bridgehead atoms. The van der Waals surface area contributed by atoms with E-state index in [2.05, 4.69) is 27.3 Å². The molecule has 28 heavy (non-hydrogen) atoms. The first kappa shape index (κ1) is 18.8. The Bertz CT molecular complexity index is 916. The normalized spacial score (nSPS) is 15.6. The monoisotopic (exact) mass is 393 g/mol. The van der Waals surface area contributed by atoms with Crippen molar-refractivity contribution in [3.05, 3.63) is 76.8 Å². The zero-order valence-corrected chi connectivity index (χ0v) is 16.4. The van der Waals surface area contributed by atoms with Gasteiger partial charge in [0.2, 0.25) is 0 Å². The van der Waals surface area contributed by atoms with Crippen molar-refractivity contribution in [2.75, 3.05) is 26.2 Å². The Hall–Kier alpha value is -2.54. The van der Waals surface area contributed by atoms with Gasteiger partial charge >= 0.3 is 5.97 Å². The minimum atomic E-state index is -0.877. The van der Waals surface area contributed by atoms with Crippen molar-refractivity contribution in [1.82, 2.24) is 14.8 Å². The molecule has 5 nitrogen and oxygen atoms in total. The molecule has 0 amide bonds. The van der Waals surface area contributed by atoms with E-state index in [4.69, 9.17) is 10.1 Å². The zero-order valence-electron chi connectivity index (χ0n) is 15.6. The highest BCUT2D eigenvalue weighted by Crippen LogP contribution is 2.24. The van der Waals surface area contributed by atoms with Crippen LogP contribution in [0.15, 0.2) is 60.0 Å². The third-order valence-corrected chi connectivity index (χ3v) is 5.97. The van der Waals surface area contributed by atoms with Crippen LogP contribution in [0.25, 0.3) is 10.6 Å². The van der Waals surface area contributed by atoms with Gasteiger partial charge in [-0.15, -0.1) is 11.3 Å². The van der Waals surface area contributed by atoms with Gasteiger partial charge in [-0.3, -0.25) is 9.80 Å². The summed E-state index contributed by atoms with van der Waals surface area (Å²) in [7, 11) is 0. The minimum Gasteiger partial charge on any atom is -0.478 e. The Morgan fingerprint density at radius 3 is 2.21 bits per heavy atom. The molecule has 0 spiro atoms. The first-order valence-corrected chi connectivity index (χ1v) is 10.3. The second-order valence-corrected chi connectivity index (χ2v) is 7.92. The van der Waals surface area contributed by atoms with Gasteiger partial charge in [-0.1, -0.05) is 42.5 Å². The Balaban J connectivity index is 1.27. The van der Waals surface area contributed by atoms with Crippen molar-refractivity contribution >= 4 is 17.3 Å². The van der Waals surface area contributed by atoms with Crippen molar-refractivity contribution in [2.24, 2.45) is 0 Å². The number of hydrogen-bond acceptors (Lipinski definition) is 5. The molecule has 0 radical (unpaired) electrons. The maximum absolute atomic E-state index is 11.0. The van der Waals surface area contributed by atoms with Crippen molar-refractivity contribution in [2.45, 2.75) is 13.1 Å². The SMILES string of the molecule is O=C(O)c1ccc(CN2CCN(Cc3csc(-c4ccccc4)n3)CC2)cc1. The largest absolute Gasteiger partial charge is 0.478 e. The second-order valence-electron chi connectivity index (χ2n) is 7.06. The Kier molecular flexibility index (Phi) is 5.81. The van der Waals surface area contributed by atoms with E-state index in [0.29, 0.717) is 5.56 Å². The minimum absolute atomic E-state index is 0.340. The van der Waals surface area contributed by atoms with Gasteiger partial charge in [-0.2, -0.15) is 0 Å². The number of thiazole rings is 1. The fourth-order valence-corrected chi connectivity index (χ4v) is 4.26. The molecule has 6 heteroatoms. The maximum Gasteiger partial charge on any atom is 0.335 e. The van der Waals surface area contributed by atoms with Crippen molar-refractivity contribution in [3.8, 4) is 10.6 Å². The molecule has 1 aliphatic heterocycles. The highest BCUT2D eigenvalue weighted by molar-refractivity contribution is 7.13. The number of piperazine rings is 1. The average molecular weight is 394 g/mol. The average Bonchev–Trinajstić information content (AvgIpc) is 3.19. The van der Waals surface area contributed by atoms with E-state index >= 15 is 0 Å². The molecule has 4 rings (SSSR count). The maximum atomic E-state index is 11.0. The van der Waals surface area contributed by atoms with Gasteiger partial charge in [0.25, 0.3) is 0 Å². The van der Waals surface area contributed by atoms with Gasteiger partial charge in [0.15, 0.2) is 0 Å². The van der Waals surface area contributed by atoms with Crippen LogP contribution in [0, 0.1) is 0 Å². The topological polar surface area (TPSA) is 56.7 Å². The summed E-state index contributed by atoms with van der Waals surface area (Å²) in [5, 5.41) is 12.2. The van der Waals surface area contributed by atoms with Crippen LogP contribution in [0.1, 0.15) is 21.6 Å². The van der Waals surface area contributed by atoms with Gasteiger partial charge in [-0.05, 0) is 17.7 Å². The number of nitrogens with zero attached hydrogens (tertiary/aromatic N) is 3. The lowest BCUT2D eigenvalue weighted by Gasteiger charge is -2.34.